The van der Waals surface area contributed by atoms with Crippen molar-refractivity contribution in [1.82, 2.24) is 20.3 Å². The summed E-state index contributed by atoms with van der Waals surface area (Å²) < 4.78 is 10.4. The first-order valence-electron chi connectivity index (χ1n) is 6.76. The van der Waals surface area contributed by atoms with Gasteiger partial charge in [0.15, 0.2) is 0 Å². The summed E-state index contributed by atoms with van der Waals surface area (Å²) in [4.78, 5) is 14.4. The fourth-order valence-corrected chi connectivity index (χ4v) is 1.97. The molecule has 0 atom stereocenters. The molecule has 0 saturated carbocycles. The van der Waals surface area contributed by atoms with E-state index in [-0.39, 0.29) is 47.9 Å². The van der Waals surface area contributed by atoms with Gasteiger partial charge < -0.3 is 20.1 Å². The number of aliphatic hydroxyl groups is 1. The van der Waals surface area contributed by atoms with Gasteiger partial charge >= 0.3 is 0 Å². The fourth-order valence-electron chi connectivity index (χ4n) is 1.97. The van der Waals surface area contributed by atoms with Gasteiger partial charge in [-0.1, -0.05) is 5.16 Å². The molecule has 3 rings (SSSR count). The third-order valence-corrected chi connectivity index (χ3v) is 3.07. The number of anilines is 1. The molecular weight excluding hydrogens is 320 g/mol. The van der Waals surface area contributed by atoms with E-state index in [1.54, 1.807) is 0 Å². The van der Waals surface area contributed by atoms with Gasteiger partial charge in [0, 0.05) is 17.7 Å². The Kier molecular flexibility index (Phi) is 4.07. The topological polar surface area (TPSA) is 166 Å². The smallest absolute Gasteiger partial charge is 0.269 e. The Labute approximate surface area is 134 Å². The Hall–Kier alpha value is -3.47. The molecule has 11 nitrogen and oxygen atoms in total. The number of rotatable bonds is 6. The highest BCUT2D eigenvalue weighted by Crippen LogP contribution is 2.33. The number of H-pyrrole nitrogens is 1. The average molecular weight is 332 g/mol. The number of nitrogens with one attached hydrogen (secondary N) is 1. The van der Waals surface area contributed by atoms with E-state index in [1.807, 2.05) is 0 Å². The molecule has 0 aliphatic heterocycles. The van der Waals surface area contributed by atoms with Gasteiger partial charge in [0.05, 0.1) is 11.5 Å². The zero-order chi connectivity index (χ0) is 17.1. The van der Waals surface area contributed by atoms with E-state index in [2.05, 4.69) is 20.3 Å². The number of non-ortho nitro benzene ring substituents is 1. The summed E-state index contributed by atoms with van der Waals surface area (Å²) >= 11 is 0. The van der Waals surface area contributed by atoms with Crippen molar-refractivity contribution in [2.45, 2.75) is 0 Å². The van der Waals surface area contributed by atoms with Gasteiger partial charge in [-0.15, -0.1) is 5.10 Å². The maximum atomic E-state index is 10.7. The zero-order valence-electron chi connectivity index (χ0n) is 12.2. The molecule has 0 bridgehead atoms. The van der Waals surface area contributed by atoms with Crippen molar-refractivity contribution in [2.24, 2.45) is 0 Å². The van der Waals surface area contributed by atoms with Gasteiger partial charge in [-0.25, -0.2) is 0 Å². The highest BCUT2D eigenvalue weighted by atomic mass is 16.6. The molecule has 0 amide bonds. The highest BCUT2D eigenvalue weighted by molar-refractivity contribution is 5.73. The number of nitrogens with two attached hydrogens (primary N) is 1. The van der Waals surface area contributed by atoms with Crippen LogP contribution in [0.2, 0.25) is 0 Å². The normalized spacial score (nSPS) is 10.7. The van der Waals surface area contributed by atoms with Crippen LogP contribution in [0.4, 0.5) is 11.5 Å². The minimum absolute atomic E-state index is 0.0284. The molecule has 3 aromatic rings. The number of aromatic amines is 1. The second-order valence-electron chi connectivity index (χ2n) is 4.62. The fraction of sp³-hybridized carbons (Fsp3) is 0.154. The molecule has 0 saturated heterocycles. The summed E-state index contributed by atoms with van der Waals surface area (Å²) in [6.45, 7) is -0.162. The van der Waals surface area contributed by atoms with Crippen LogP contribution in [0.25, 0.3) is 22.8 Å². The third kappa shape index (κ3) is 2.87. The molecule has 1 aromatic carbocycles. The summed E-state index contributed by atoms with van der Waals surface area (Å²) in [6.07, 6.45) is 0. The van der Waals surface area contributed by atoms with Gasteiger partial charge in [-0.05, 0) is 12.1 Å². The van der Waals surface area contributed by atoms with E-state index < -0.39 is 4.92 Å². The maximum Gasteiger partial charge on any atom is 0.269 e. The lowest BCUT2D eigenvalue weighted by Gasteiger charge is -2.00. The number of hydrogen-bond acceptors (Lipinski definition) is 9. The standard InChI is InChI=1S/C13H12N6O5/c14-10-9(13(17-16-10)23-6-5-20)12-15-11(18-24-12)7-1-3-8(4-2-7)19(21)22/h1-4,20H,5-6H2,(H3,14,16,17). The number of nitro benzene ring substituents is 1. The predicted molar refractivity (Wildman–Crippen MR) is 81.0 cm³/mol. The van der Waals surface area contributed by atoms with Gasteiger partial charge in [0.2, 0.25) is 11.7 Å². The van der Waals surface area contributed by atoms with Crippen LogP contribution in [-0.4, -0.2) is 43.6 Å². The lowest BCUT2D eigenvalue weighted by molar-refractivity contribution is -0.384. The SMILES string of the molecule is Nc1[nH]nc(OCCO)c1-c1nc(-c2ccc([N+](=O)[O-])cc2)no1. The molecule has 24 heavy (non-hydrogen) atoms. The lowest BCUT2D eigenvalue weighted by atomic mass is 10.2. The molecule has 124 valence electrons. The van der Waals surface area contributed by atoms with Crippen LogP contribution in [0, 0.1) is 10.1 Å². The number of nitrogens with zero attached hydrogens (tertiary/aromatic N) is 4. The minimum Gasteiger partial charge on any atom is -0.474 e. The minimum atomic E-state index is -0.498. The number of aliphatic hydroxyl groups excluding tert-OH is 1. The second kappa shape index (κ2) is 6.34. The largest absolute Gasteiger partial charge is 0.474 e. The average Bonchev–Trinajstić information content (AvgIpc) is 3.19. The Morgan fingerprint density at radius 2 is 2.12 bits per heavy atom. The Morgan fingerprint density at radius 1 is 1.38 bits per heavy atom. The molecule has 0 aliphatic carbocycles. The first-order valence-corrected chi connectivity index (χ1v) is 6.76. The van der Waals surface area contributed by atoms with E-state index >= 15 is 0 Å². The van der Waals surface area contributed by atoms with Gasteiger partial charge in [0.25, 0.3) is 11.6 Å². The summed E-state index contributed by atoms with van der Waals surface area (Å²) in [5.74, 6) is 0.596. The van der Waals surface area contributed by atoms with Gasteiger partial charge in [0.1, 0.15) is 18.0 Å². The molecule has 2 heterocycles. The Morgan fingerprint density at radius 3 is 2.79 bits per heavy atom. The zero-order valence-corrected chi connectivity index (χ0v) is 12.2. The number of ether oxygens (including phenoxy) is 1. The lowest BCUT2D eigenvalue weighted by Crippen LogP contribution is -2.02. The van der Waals surface area contributed by atoms with Crippen LogP contribution < -0.4 is 10.5 Å². The molecular formula is C13H12N6O5. The number of benzene rings is 1. The summed E-state index contributed by atoms with van der Waals surface area (Å²) in [5, 5.41) is 29.7. The molecule has 0 radical (unpaired) electrons. The van der Waals surface area contributed by atoms with Crippen LogP contribution in [-0.2, 0) is 0 Å². The molecule has 0 fully saturated rings. The molecule has 2 aromatic heterocycles. The van der Waals surface area contributed by atoms with Crippen molar-refractivity contribution in [2.75, 3.05) is 18.9 Å². The van der Waals surface area contributed by atoms with Crippen molar-refractivity contribution in [3.63, 3.8) is 0 Å². The predicted octanol–water partition coefficient (Wildman–Crippen LogP) is 0.988. The van der Waals surface area contributed by atoms with Crippen LogP contribution >= 0.6 is 0 Å². The Balaban J connectivity index is 1.91. The van der Waals surface area contributed by atoms with E-state index in [9.17, 15) is 10.1 Å². The van der Waals surface area contributed by atoms with Crippen LogP contribution in [0.5, 0.6) is 5.88 Å². The van der Waals surface area contributed by atoms with Crippen molar-refractivity contribution < 1.29 is 19.3 Å². The van der Waals surface area contributed by atoms with Crippen molar-refractivity contribution in [3.8, 4) is 28.7 Å². The van der Waals surface area contributed by atoms with Crippen molar-refractivity contribution in [1.29, 1.82) is 0 Å². The van der Waals surface area contributed by atoms with Crippen LogP contribution in [0.15, 0.2) is 28.8 Å². The molecule has 0 spiro atoms. The van der Waals surface area contributed by atoms with E-state index in [0.717, 1.165) is 0 Å². The number of aromatic nitrogens is 4. The van der Waals surface area contributed by atoms with Crippen LogP contribution in [0.3, 0.4) is 0 Å². The summed E-state index contributed by atoms with van der Waals surface area (Å²) in [6, 6.07) is 5.70. The van der Waals surface area contributed by atoms with Gasteiger partial charge in [-0.2, -0.15) is 4.98 Å². The van der Waals surface area contributed by atoms with Crippen molar-refractivity contribution >= 4 is 11.5 Å². The summed E-state index contributed by atoms with van der Waals surface area (Å²) in [5.41, 5.74) is 6.56. The Bertz CT molecular complexity index is 856. The van der Waals surface area contributed by atoms with Crippen LogP contribution in [0.1, 0.15) is 0 Å². The second-order valence-corrected chi connectivity index (χ2v) is 4.62. The highest BCUT2D eigenvalue weighted by Gasteiger charge is 2.21. The number of nitrogen functional groups attached to an aromatic ring is 1. The molecule has 11 heteroatoms. The number of hydrogen-bond donors (Lipinski definition) is 3. The molecule has 0 aliphatic rings. The monoisotopic (exact) mass is 332 g/mol. The molecule has 4 N–H and O–H groups in total. The van der Waals surface area contributed by atoms with E-state index in [0.29, 0.717) is 5.56 Å². The first kappa shape index (κ1) is 15.4. The van der Waals surface area contributed by atoms with Crippen molar-refractivity contribution in [3.05, 3.63) is 34.4 Å². The molecule has 0 unspecified atom stereocenters. The quantitative estimate of drug-likeness (QED) is 0.440. The first-order chi connectivity index (χ1) is 11.6. The van der Waals surface area contributed by atoms with E-state index in [4.69, 9.17) is 20.1 Å². The van der Waals surface area contributed by atoms with E-state index in [1.165, 1.54) is 24.3 Å². The third-order valence-electron chi connectivity index (χ3n) is 3.07. The van der Waals surface area contributed by atoms with Gasteiger partial charge in [-0.3, -0.25) is 15.2 Å². The maximum absolute atomic E-state index is 10.7. The number of nitro groups is 1. The summed E-state index contributed by atoms with van der Waals surface area (Å²) in [7, 11) is 0.